The Morgan fingerprint density at radius 3 is 1.76 bits per heavy atom. The second kappa shape index (κ2) is 12.2. The number of halogens is 9. The maximum absolute atomic E-state index is 13.6. The van der Waals surface area contributed by atoms with Gasteiger partial charge in [-0.25, -0.2) is 9.97 Å². The summed E-state index contributed by atoms with van der Waals surface area (Å²) in [5, 5.41) is 19.4. The van der Waals surface area contributed by atoms with Crippen LogP contribution in [0.25, 0.3) is 62.2 Å². The predicted molar refractivity (Wildman–Crippen MR) is 170 cm³/mol. The van der Waals surface area contributed by atoms with Gasteiger partial charge < -0.3 is 0 Å². The van der Waals surface area contributed by atoms with Gasteiger partial charge in [0.1, 0.15) is 21.7 Å². The summed E-state index contributed by atoms with van der Waals surface area (Å²) in [6, 6.07) is 8.57. The van der Waals surface area contributed by atoms with Crippen LogP contribution in [0.2, 0.25) is 0 Å². The molecule has 0 amide bonds. The Morgan fingerprint density at radius 1 is 0.608 bits per heavy atom. The molecule has 6 nitrogen and oxygen atoms in total. The molecule has 0 aliphatic rings. The molecule has 0 N–H and O–H groups in total. The van der Waals surface area contributed by atoms with Crippen molar-refractivity contribution in [3.05, 3.63) is 111 Å². The number of alkyl halides is 9. The molecule has 0 aliphatic carbocycles. The Kier molecular flexibility index (Phi) is 8.26. The molecule has 0 unspecified atom stereocenters. The van der Waals surface area contributed by atoms with Crippen molar-refractivity contribution in [3.63, 3.8) is 0 Å². The molecule has 1 heterocycles. The van der Waals surface area contributed by atoms with Gasteiger partial charge in [-0.2, -0.15) is 60.0 Å². The van der Waals surface area contributed by atoms with Crippen molar-refractivity contribution in [1.82, 2.24) is 9.97 Å². The predicted octanol–water partition coefficient (Wildman–Crippen LogP) is 9.42. The van der Waals surface area contributed by atoms with Gasteiger partial charge >= 0.3 is 18.5 Å². The van der Waals surface area contributed by atoms with E-state index in [2.05, 4.69) is 26.5 Å². The summed E-state index contributed by atoms with van der Waals surface area (Å²) in [7, 11) is 0. The molecule has 6 aromatic rings. The number of hydrogen-bond acceptors (Lipinski definition) is 6. The van der Waals surface area contributed by atoms with E-state index in [9.17, 15) is 50.0 Å². The van der Waals surface area contributed by atoms with Crippen LogP contribution in [0, 0.1) is 29.8 Å². The van der Waals surface area contributed by atoms with Crippen molar-refractivity contribution >= 4 is 51.1 Å². The van der Waals surface area contributed by atoms with Gasteiger partial charge in [-0.05, 0) is 65.6 Å². The number of nitrogens with zero attached hydrogens (tertiary/aromatic N) is 6. The van der Waals surface area contributed by atoms with Crippen LogP contribution in [0.1, 0.15) is 38.9 Å². The van der Waals surface area contributed by atoms with E-state index in [0.29, 0.717) is 17.7 Å². The van der Waals surface area contributed by atoms with Crippen LogP contribution in [0.4, 0.5) is 39.5 Å². The molecule has 0 aliphatic heterocycles. The lowest BCUT2D eigenvalue weighted by Crippen LogP contribution is -2.11. The van der Waals surface area contributed by atoms with Crippen LogP contribution >= 0.6 is 0 Å². The second-order valence-electron chi connectivity index (χ2n) is 11.3. The van der Waals surface area contributed by atoms with Crippen LogP contribution in [0.5, 0.6) is 0 Å². The third kappa shape index (κ3) is 6.30. The highest BCUT2D eigenvalue weighted by atomic mass is 19.4. The quantitative estimate of drug-likeness (QED) is 0.135. The molecular formula is C36H17F9N6. The van der Waals surface area contributed by atoms with Crippen molar-refractivity contribution in [2.45, 2.75) is 25.5 Å². The molecule has 15 heteroatoms. The minimum atomic E-state index is -5.08. The van der Waals surface area contributed by atoms with Crippen LogP contribution in [0.15, 0.2) is 71.2 Å². The van der Waals surface area contributed by atoms with E-state index in [1.165, 1.54) is 49.4 Å². The van der Waals surface area contributed by atoms with Crippen LogP contribution in [0.3, 0.4) is 0 Å². The Hall–Kier alpha value is -6.35. The number of aromatic nitrogens is 2. The molecule has 0 saturated carbocycles. The minimum Gasteiger partial charge on any atom is -0.241 e. The highest BCUT2D eigenvalue weighted by Gasteiger charge is 2.37. The zero-order valence-corrected chi connectivity index (χ0v) is 25.7. The second-order valence-corrected chi connectivity index (χ2v) is 11.3. The summed E-state index contributed by atoms with van der Waals surface area (Å²) in [4.78, 5) is 17.1. The van der Waals surface area contributed by atoms with Crippen LogP contribution in [-0.2, 0) is 18.5 Å². The minimum absolute atomic E-state index is 0.00476. The fraction of sp³-hybridized carbons (Fsp3) is 0.111. The number of aryl methyl sites for hydroxylation is 1. The molecule has 0 bridgehead atoms. The summed E-state index contributed by atoms with van der Waals surface area (Å²) in [5.41, 5.74) is -2.89. The Morgan fingerprint density at radius 2 is 1.18 bits per heavy atom. The van der Waals surface area contributed by atoms with Gasteiger partial charge in [-0.1, -0.05) is 43.0 Å². The van der Waals surface area contributed by atoms with E-state index in [1.54, 1.807) is 12.4 Å². The maximum Gasteiger partial charge on any atom is 0.416 e. The lowest BCUT2D eigenvalue weighted by molar-refractivity contribution is -0.143. The van der Waals surface area contributed by atoms with E-state index in [-0.39, 0.29) is 71.9 Å². The van der Waals surface area contributed by atoms with Gasteiger partial charge in [0.2, 0.25) is 12.4 Å². The fourth-order valence-corrected chi connectivity index (χ4v) is 5.85. The van der Waals surface area contributed by atoms with Gasteiger partial charge in [0.05, 0.1) is 27.7 Å². The highest BCUT2D eigenvalue weighted by Crippen LogP contribution is 2.40. The van der Waals surface area contributed by atoms with Gasteiger partial charge in [0.25, 0.3) is 0 Å². The first-order valence-electron chi connectivity index (χ1n) is 14.5. The molecule has 51 heavy (non-hydrogen) atoms. The third-order valence-electron chi connectivity index (χ3n) is 7.99. The number of nitriles is 2. The number of benzene rings is 3. The van der Waals surface area contributed by atoms with Gasteiger partial charge in [0, 0.05) is 21.9 Å². The zero-order chi connectivity index (χ0) is 37.0. The Labute approximate surface area is 280 Å². The Bertz CT molecular complexity index is 2630. The molecule has 5 aromatic carbocycles. The largest absolute Gasteiger partial charge is 0.416 e. The average molecular weight is 705 g/mol. The lowest BCUT2D eigenvalue weighted by atomic mass is 9.98. The Balaban J connectivity index is 1.61. The SMILES string of the molecule is C=Cc1c(/C=C/c2cc(C)cc(C(F)(F)F)c2)c(=NC#N)c2nc3c(nc12)c(=NC#N)c1cc(-c2cc(C(F)(F)F)cc(C(F)(F)F)c2)ccc13. The third-order valence-corrected chi connectivity index (χ3v) is 7.99. The summed E-state index contributed by atoms with van der Waals surface area (Å²) in [6.45, 7) is 5.30. The molecule has 0 radical (unpaired) electrons. The maximum atomic E-state index is 13.6. The topological polar surface area (TPSA) is 98.1 Å². The smallest absolute Gasteiger partial charge is 0.241 e. The first kappa shape index (κ1) is 34.5. The first-order valence-corrected chi connectivity index (χ1v) is 14.5. The number of rotatable bonds is 4. The molecule has 0 spiro atoms. The normalized spacial score (nSPS) is 13.5. The summed E-state index contributed by atoms with van der Waals surface area (Å²) in [5.74, 6) is 0. The molecule has 0 atom stereocenters. The molecule has 254 valence electrons. The zero-order valence-electron chi connectivity index (χ0n) is 25.7. The number of hydrogen-bond donors (Lipinski definition) is 0. The average Bonchev–Trinajstić information content (AvgIpc) is 3.51. The van der Waals surface area contributed by atoms with Crippen molar-refractivity contribution < 1.29 is 39.5 Å². The van der Waals surface area contributed by atoms with Gasteiger partial charge in [-0.3, -0.25) is 0 Å². The van der Waals surface area contributed by atoms with E-state index in [1.807, 2.05) is 0 Å². The summed E-state index contributed by atoms with van der Waals surface area (Å²) >= 11 is 0. The molecule has 0 saturated heterocycles. The van der Waals surface area contributed by atoms with Crippen molar-refractivity contribution in [1.29, 1.82) is 10.5 Å². The molecular weight excluding hydrogens is 687 g/mol. The van der Waals surface area contributed by atoms with Crippen molar-refractivity contribution in [3.8, 4) is 23.5 Å². The summed E-state index contributed by atoms with van der Waals surface area (Å²) < 4.78 is 122. The van der Waals surface area contributed by atoms with Crippen LogP contribution < -0.4 is 10.7 Å². The first-order chi connectivity index (χ1) is 23.9. The van der Waals surface area contributed by atoms with E-state index in [4.69, 9.17) is 0 Å². The van der Waals surface area contributed by atoms with E-state index in [0.717, 1.165) is 12.1 Å². The lowest BCUT2D eigenvalue weighted by Gasteiger charge is -2.14. The van der Waals surface area contributed by atoms with Gasteiger partial charge in [0.15, 0.2) is 0 Å². The molecule has 0 fully saturated rings. The molecule has 6 rings (SSSR count). The van der Waals surface area contributed by atoms with Crippen LogP contribution in [-0.4, -0.2) is 9.97 Å². The highest BCUT2D eigenvalue weighted by molar-refractivity contribution is 6.11. The van der Waals surface area contributed by atoms with Crippen molar-refractivity contribution in [2.24, 2.45) is 9.98 Å². The van der Waals surface area contributed by atoms with Crippen molar-refractivity contribution in [2.75, 3.05) is 0 Å². The standard InChI is InChI=1S/C36H17F9N6/c1-3-24-25(6-4-18-8-17(2)9-21(10-18)34(37,38)39)28(48-15-46)32-30(24)50-33-29(49-16-47)27-13-19(5-7-26(27)31(33)51-32)20-11-22(35(40,41)42)14-23(12-20)36(43,44)45/h3-14H,1H2,2H3/b6-4+,48-28?,49-29?. The number of fused-ring (bicyclic) bond motifs is 4. The van der Waals surface area contributed by atoms with Gasteiger partial charge in [-0.15, -0.1) is 0 Å². The molecule has 1 aromatic heterocycles. The van der Waals surface area contributed by atoms with E-state index >= 15 is 0 Å². The monoisotopic (exact) mass is 704 g/mol. The van der Waals surface area contributed by atoms with E-state index < -0.39 is 40.8 Å². The fourth-order valence-electron chi connectivity index (χ4n) is 5.85. The summed E-state index contributed by atoms with van der Waals surface area (Å²) in [6.07, 6.45) is -7.25.